The lowest BCUT2D eigenvalue weighted by Crippen LogP contribution is -2.19. The van der Waals surface area contributed by atoms with Crippen LogP contribution in [-0.4, -0.2) is 17.8 Å². The van der Waals surface area contributed by atoms with Gasteiger partial charge in [-0.25, -0.2) is 8.78 Å². The fourth-order valence-electron chi connectivity index (χ4n) is 2.31. The highest BCUT2D eigenvalue weighted by Gasteiger charge is 2.17. The Bertz CT molecular complexity index is 369. The van der Waals surface area contributed by atoms with Gasteiger partial charge in [0.05, 0.1) is 12.2 Å². The highest BCUT2D eigenvalue weighted by atomic mass is 19.1. The highest BCUT2D eigenvalue weighted by Crippen LogP contribution is 2.24. The largest absolute Gasteiger partial charge is 0.388 e. The fourth-order valence-corrected chi connectivity index (χ4v) is 2.31. The molecule has 2 unspecified atom stereocenters. The number of hydrogen-bond donors (Lipinski definition) is 1. The molecule has 1 saturated heterocycles. The van der Waals surface area contributed by atoms with Crippen molar-refractivity contribution < 1.29 is 18.6 Å². The molecule has 2 nitrogen and oxygen atoms in total. The minimum Gasteiger partial charge on any atom is -0.388 e. The van der Waals surface area contributed by atoms with Crippen LogP contribution in [0.5, 0.6) is 0 Å². The van der Waals surface area contributed by atoms with E-state index in [1.165, 1.54) is 12.1 Å². The molecule has 1 heterocycles. The lowest BCUT2D eigenvalue weighted by Gasteiger charge is -2.23. The molecule has 0 radical (unpaired) electrons. The Morgan fingerprint density at radius 2 is 1.94 bits per heavy atom. The van der Waals surface area contributed by atoms with Crippen molar-refractivity contribution in [2.24, 2.45) is 0 Å². The summed E-state index contributed by atoms with van der Waals surface area (Å²) in [6, 6.07) is 3.16. The molecule has 1 N–H and O–H groups in total. The Kier molecular flexibility index (Phi) is 4.66. The van der Waals surface area contributed by atoms with Crippen LogP contribution in [0.2, 0.25) is 0 Å². The Hall–Kier alpha value is -1.00. The molecule has 0 saturated carbocycles. The standard InChI is InChI=1S/C14H18F2O2/c15-11-7-10(8-12(16)9-11)14(17)5-4-13-3-1-2-6-18-13/h7-9,13-14,17H,1-6H2. The van der Waals surface area contributed by atoms with E-state index in [1.807, 2.05) is 0 Å². The molecule has 2 rings (SSSR count). The number of ether oxygens (including phenoxy) is 1. The normalized spacial score (nSPS) is 21.8. The van der Waals surface area contributed by atoms with Gasteiger partial charge in [0.25, 0.3) is 0 Å². The molecular formula is C14H18F2O2. The van der Waals surface area contributed by atoms with Crippen LogP contribution in [0.25, 0.3) is 0 Å². The third-order valence-corrected chi connectivity index (χ3v) is 3.31. The van der Waals surface area contributed by atoms with Crippen LogP contribution in [0.1, 0.15) is 43.8 Å². The molecule has 4 heteroatoms. The maximum Gasteiger partial charge on any atom is 0.126 e. The number of halogens is 2. The Morgan fingerprint density at radius 1 is 1.22 bits per heavy atom. The Balaban J connectivity index is 1.88. The molecule has 1 aliphatic heterocycles. The van der Waals surface area contributed by atoms with Gasteiger partial charge in [-0.05, 0) is 49.8 Å². The summed E-state index contributed by atoms with van der Waals surface area (Å²) in [5, 5.41) is 9.91. The third kappa shape index (κ3) is 3.75. The number of benzene rings is 1. The smallest absolute Gasteiger partial charge is 0.126 e. The number of aliphatic hydroxyl groups excluding tert-OH is 1. The van der Waals surface area contributed by atoms with Crippen molar-refractivity contribution in [2.45, 2.75) is 44.3 Å². The molecule has 1 aliphatic rings. The van der Waals surface area contributed by atoms with E-state index >= 15 is 0 Å². The molecule has 18 heavy (non-hydrogen) atoms. The SMILES string of the molecule is OC(CCC1CCCCO1)c1cc(F)cc(F)c1. The van der Waals surface area contributed by atoms with Crippen LogP contribution in [0, 0.1) is 11.6 Å². The molecule has 0 spiro atoms. The van der Waals surface area contributed by atoms with Crippen LogP contribution >= 0.6 is 0 Å². The van der Waals surface area contributed by atoms with Gasteiger partial charge in [-0.15, -0.1) is 0 Å². The average Bonchev–Trinajstić information content (AvgIpc) is 2.36. The van der Waals surface area contributed by atoms with Gasteiger partial charge in [-0.3, -0.25) is 0 Å². The molecule has 100 valence electrons. The molecule has 0 aromatic heterocycles. The van der Waals surface area contributed by atoms with Crippen LogP contribution in [0.3, 0.4) is 0 Å². The summed E-state index contributed by atoms with van der Waals surface area (Å²) < 4.78 is 31.6. The van der Waals surface area contributed by atoms with Crippen molar-refractivity contribution in [3.8, 4) is 0 Å². The zero-order valence-corrected chi connectivity index (χ0v) is 10.2. The van der Waals surface area contributed by atoms with Crippen LogP contribution < -0.4 is 0 Å². The molecular weight excluding hydrogens is 238 g/mol. The minimum absolute atomic E-state index is 0.173. The first-order valence-corrected chi connectivity index (χ1v) is 6.41. The highest BCUT2D eigenvalue weighted by molar-refractivity contribution is 5.20. The van der Waals surface area contributed by atoms with Crippen molar-refractivity contribution in [1.29, 1.82) is 0 Å². The summed E-state index contributed by atoms with van der Waals surface area (Å²) in [7, 11) is 0. The summed E-state index contributed by atoms with van der Waals surface area (Å²) in [4.78, 5) is 0. The zero-order chi connectivity index (χ0) is 13.0. The van der Waals surface area contributed by atoms with E-state index in [9.17, 15) is 13.9 Å². The lowest BCUT2D eigenvalue weighted by molar-refractivity contribution is 0.00210. The van der Waals surface area contributed by atoms with Gasteiger partial charge in [0.1, 0.15) is 11.6 Å². The van der Waals surface area contributed by atoms with Crippen molar-refractivity contribution in [1.82, 2.24) is 0 Å². The van der Waals surface area contributed by atoms with Gasteiger partial charge in [0.2, 0.25) is 0 Å². The summed E-state index contributed by atoms with van der Waals surface area (Å²) in [6.45, 7) is 0.773. The monoisotopic (exact) mass is 256 g/mol. The van der Waals surface area contributed by atoms with E-state index in [4.69, 9.17) is 4.74 Å². The summed E-state index contributed by atoms with van der Waals surface area (Å²) in [6.07, 6.45) is 3.77. The molecule has 0 aliphatic carbocycles. The van der Waals surface area contributed by atoms with E-state index in [0.29, 0.717) is 12.0 Å². The van der Waals surface area contributed by atoms with E-state index in [1.54, 1.807) is 0 Å². The van der Waals surface area contributed by atoms with Crippen LogP contribution in [0.15, 0.2) is 18.2 Å². The Labute approximate surface area is 106 Å². The van der Waals surface area contributed by atoms with Gasteiger partial charge in [0.15, 0.2) is 0 Å². The predicted molar refractivity (Wildman–Crippen MR) is 64.1 cm³/mol. The molecule has 1 aromatic carbocycles. The van der Waals surface area contributed by atoms with Gasteiger partial charge >= 0.3 is 0 Å². The van der Waals surface area contributed by atoms with Crippen molar-refractivity contribution in [2.75, 3.05) is 6.61 Å². The van der Waals surface area contributed by atoms with Gasteiger partial charge in [-0.1, -0.05) is 0 Å². The average molecular weight is 256 g/mol. The topological polar surface area (TPSA) is 29.5 Å². The van der Waals surface area contributed by atoms with Crippen molar-refractivity contribution in [3.63, 3.8) is 0 Å². The molecule has 0 bridgehead atoms. The number of hydrogen-bond acceptors (Lipinski definition) is 2. The van der Waals surface area contributed by atoms with Gasteiger partial charge in [-0.2, -0.15) is 0 Å². The van der Waals surface area contributed by atoms with Gasteiger partial charge in [0, 0.05) is 12.7 Å². The summed E-state index contributed by atoms with van der Waals surface area (Å²) in [5.41, 5.74) is 0.295. The maximum absolute atomic E-state index is 13.0. The summed E-state index contributed by atoms with van der Waals surface area (Å²) >= 11 is 0. The van der Waals surface area contributed by atoms with Crippen molar-refractivity contribution in [3.05, 3.63) is 35.4 Å². The second-order valence-corrected chi connectivity index (χ2v) is 4.78. The van der Waals surface area contributed by atoms with Crippen LogP contribution in [-0.2, 0) is 4.74 Å². The van der Waals surface area contributed by atoms with Crippen molar-refractivity contribution >= 4 is 0 Å². The summed E-state index contributed by atoms with van der Waals surface area (Å²) in [5.74, 6) is -1.31. The van der Waals surface area contributed by atoms with E-state index in [2.05, 4.69) is 0 Å². The van der Waals surface area contributed by atoms with Gasteiger partial charge < -0.3 is 9.84 Å². The number of rotatable bonds is 4. The second-order valence-electron chi connectivity index (χ2n) is 4.78. The third-order valence-electron chi connectivity index (χ3n) is 3.31. The quantitative estimate of drug-likeness (QED) is 0.895. The first-order chi connectivity index (χ1) is 8.65. The molecule has 1 fully saturated rings. The predicted octanol–water partition coefficient (Wildman–Crippen LogP) is 3.35. The van der Waals surface area contributed by atoms with E-state index in [0.717, 1.165) is 38.4 Å². The number of aliphatic hydroxyl groups is 1. The van der Waals surface area contributed by atoms with E-state index < -0.39 is 17.7 Å². The fraction of sp³-hybridized carbons (Fsp3) is 0.571. The zero-order valence-electron chi connectivity index (χ0n) is 10.2. The molecule has 2 atom stereocenters. The molecule has 1 aromatic rings. The molecule has 0 amide bonds. The first-order valence-electron chi connectivity index (χ1n) is 6.41. The lowest BCUT2D eigenvalue weighted by atomic mass is 9.99. The van der Waals surface area contributed by atoms with Crippen LogP contribution in [0.4, 0.5) is 8.78 Å². The first kappa shape index (κ1) is 13.4. The Morgan fingerprint density at radius 3 is 2.56 bits per heavy atom. The maximum atomic E-state index is 13.0. The minimum atomic E-state index is -0.833. The van der Waals surface area contributed by atoms with E-state index in [-0.39, 0.29) is 6.10 Å². The second kappa shape index (κ2) is 6.25.